The highest BCUT2D eigenvalue weighted by atomic mass is 16.3. The van der Waals surface area contributed by atoms with E-state index in [0.717, 1.165) is 38.0 Å². The predicted octanol–water partition coefficient (Wildman–Crippen LogP) is 2.77. The van der Waals surface area contributed by atoms with Gasteiger partial charge < -0.3 is 10.8 Å². The topological polar surface area (TPSA) is 49.5 Å². The zero-order valence-corrected chi connectivity index (χ0v) is 12.9. The molecule has 3 heteroatoms. The van der Waals surface area contributed by atoms with Gasteiger partial charge in [0.05, 0.1) is 6.10 Å². The molecule has 1 atom stereocenters. The van der Waals surface area contributed by atoms with Crippen molar-refractivity contribution in [3.63, 3.8) is 0 Å². The number of nitrogens with two attached hydrogens (primary N) is 1. The molecule has 1 saturated heterocycles. The van der Waals surface area contributed by atoms with E-state index in [1.807, 2.05) is 0 Å². The summed E-state index contributed by atoms with van der Waals surface area (Å²) < 4.78 is 0. The Bertz CT molecular complexity index is 609. The SMILES string of the molecule is NCc1ccc(-c2cccc(CN3CCCC(O)C3)c2)cc1. The monoisotopic (exact) mass is 296 g/mol. The summed E-state index contributed by atoms with van der Waals surface area (Å²) >= 11 is 0. The maximum absolute atomic E-state index is 9.79. The third kappa shape index (κ3) is 3.74. The zero-order chi connectivity index (χ0) is 15.4. The van der Waals surface area contributed by atoms with Crippen LogP contribution in [0.1, 0.15) is 24.0 Å². The van der Waals surface area contributed by atoms with Crippen LogP contribution in [0.5, 0.6) is 0 Å². The molecule has 1 heterocycles. The van der Waals surface area contributed by atoms with E-state index >= 15 is 0 Å². The summed E-state index contributed by atoms with van der Waals surface area (Å²) in [5.41, 5.74) is 10.6. The number of rotatable bonds is 4. The highest BCUT2D eigenvalue weighted by molar-refractivity contribution is 5.64. The number of nitrogens with zero attached hydrogens (tertiary/aromatic N) is 1. The van der Waals surface area contributed by atoms with Gasteiger partial charge in [-0.25, -0.2) is 0 Å². The number of β-amino-alcohol motifs (C(OH)–C–C–N with tert-alkyl or cyclic N) is 1. The second-order valence-electron chi connectivity index (χ2n) is 6.13. The maximum atomic E-state index is 9.79. The van der Waals surface area contributed by atoms with Gasteiger partial charge in [-0.3, -0.25) is 4.90 Å². The first-order valence-corrected chi connectivity index (χ1v) is 8.03. The van der Waals surface area contributed by atoms with Crippen molar-refractivity contribution in [1.82, 2.24) is 4.90 Å². The number of hydrogen-bond acceptors (Lipinski definition) is 3. The molecular weight excluding hydrogens is 272 g/mol. The molecule has 0 spiro atoms. The molecule has 22 heavy (non-hydrogen) atoms. The van der Waals surface area contributed by atoms with E-state index in [1.54, 1.807) is 0 Å². The predicted molar refractivity (Wildman–Crippen MR) is 90.3 cm³/mol. The van der Waals surface area contributed by atoms with Gasteiger partial charge in [-0.1, -0.05) is 42.5 Å². The molecule has 0 radical (unpaired) electrons. The molecule has 116 valence electrons. The second-order valence-corrected chi connectivity index (χ2v) is 6.13. The summed E-state index contributed by atoms with van der Waals surface area (Å²) in [7, 11) is 0. The van der Waals surface area contributed by atoms with Crippen LogP contribution >= 0.6 is 0 Å². The molecule has 3 rings (SSSR count). The van der Waals surface area contributed by atoms with Gasteiger partial charge >= 0.3 is 0 Å². The van der Waals surface area contributed by atoms with E-state index in [4.69, 9.17) is 5.73 Å². The van der Waals surface area contributed by atoms with Crippen LogP contribution in [-0.2, 0) is 13.1 Å². The largest absolute Gasteiger partial charge is 0.392 e. The van der Waals surface area contributed by atoms with E-state index in [1.165, 1.54) is 16.7 Å². The molecule has 2 aromatic carbocycles. The Labute approximate surface area is 132 Å². The number of aliphatic hydroxyl groups excluding tert-OH is 1. The van der Waals surface area contributed by atoms with E-state index in [0.29, 0.717) is 6.54 Å². The molecule has 3 nitrogen and oxygen atoms in total. The molecule has 1 unspecified atom stereocenters. The molecule has 0 aromatic heterocycles. The third-order valence-corrected chi connectivity index (χ3v) is 4.34. The minimum Gasteiger partial charge on any atom is -0.392 e. The fourth-order valence-electron chi connectivity index (χ4n) is 3.12. The second kappa shape index (κ2) is 7.05. The molecule has 0 bridgehead atoms. The number of likely N-dealkylation sites (tertiary alicyclic amines) is 1. The number of aliphatic hydroxyl groups is 1. The van der Waals surface area contributed by atoms with Crippen LogP contribution in [0.2, 0.25) is 0 Å². The van der Waals surface area contributed by atoms with Gasteiger partial charge in [0.15, 0.2) is 0 Å². The smallest absolute Gasteiger partial charge is 0.0667 e. The van der Waals surface area contributed by atoms with Gasteiger partial charge in [-0.05, 0) is 47.7 Å². The number of piperidine rings is 1. The van der Waals surface area contributed by atoms with Gasteiger partial charge in [0.1, 0.15) is 0 Å². The van der Waals surface area contributed by atoms with Gasteiger partial charge in [-0.2, -0.15) is 0 Å². The van der Waals surface area contributed by atoms with E-state index in [2.05, 4.69) is 53.4 Å². The fourth-order valence-corrected chi connectivity index (χ4v) is 3.12. The summed E-state index contributed by atoms with van der Waals surface area (Å²) in [6, 6.07) is 17.1. The highest BCUT2D eigenvalue weighted by Crippen LogP contribution is 2.22. The van der Waals surface area contributed by atoms with Crippen molar-refractivity contribution in [2.45, 2.75) is 32.0 Å². The lowest BCUT2D eigenvalue weighted by atomic mass is 10.0. The van der Waals surface area contributed by atoms with Crippen LogP contribution in [0.4, 0.5) is 0 Å². The van der Waals surface area contributed by atoms with E-state index in [-0.39, 0.29) is 6.10 Å². The molecule has 2 aromatic rings. The van der Waals surface area contributed by atoms with Crippen molar-refractivity contribution in [2.24, 2.45) is 5.73 Å². The number of benzene rings is 2. The highest BCUT2D eigenvalue weighted by Gasteiger charge is 2.17. The zero-order valence-electron chi connectivity index (χ0n) is 12.9. The Morgan fingerprint density at radius 1 is 1.05 bits per heavy atom. The first-order valence-electron chi connectivity index (χ1n) is 8.03. The average molecular weight is 296 g/mol. The average Bonchev–Trinajstić information content (AvgIpc) is 2.55. The molecule has 1 aliphatic rings. The lowest BCUT2D eigenvalue weighted by molar-refractivity contribution is 0.0668. The van der Waals surface area contributed by atoms with Crippen molar-refractivity contribution in [2.75, 3.05) is 13.1 Å². The molecule has 1 fully saturated rings. The van der Waals surface area contributed by atoms with Crippen molar-refractivity contribution >= 4 is 0 Å². The summed E-state index contributed by atoms with van der Waals surface area (Å²) in [5, 5.41) is 9.79. The van der Waals surface area contributed by atoms with Crippen molar-refractivity contribution < 1.29 is 5.11 Å². The summed E-state index contributed by atoms with van der Waals surface area (Å²) in [6.45, 7) is 3.35. The minimum absolute atomic E-state index is 0.166. The Morgan fingerprint density at radius 2 is 1.86 bits per heavy atom. The lowest BCUT2D eigenvalue weighted by Gasteiger charge is -2.30. The summed E-state index contributed by atoms with van der Waals surface area (Å²) in [5.74, 6) is 0. The molecule has 0 aliphatic carbocycles. The van der Waals surface area contributed by atoms with Crippen LogP contribution < -0.4 is 5.73 Å². The Balaban J connectivity index is 1.74. The quantitative estimate of drug-likeness (QED) is 0.912. The van der Waals surface area contributed by atoms with Crippen LogP contribution in [-0.4, -0.2) is 29.2 Å². The normalized spacial score (nSPS) is 19.3. The lowest BCUT2D eigenvalue weighted by Crippen LogP contribution is -2.37. The molecule has 3 N–H and O–H groups in total. The Kier molecular flexibility index (Phi) is 4.88. The number of hydrogen-bond donors (Lipinski definition) is 2. The molecule has 0 saturated carbocycles. The van der Waals surface area contributed by atoms with Crippen LogP contribution in [0.15, 0.2) is 48.5 Å². The maximum Gasteiger partial charge on any atom is 0.0667 e. The van der Waals surface area contributed by atoms with E-state index < -0.39 is 0 Å². The van der Waals surface area contributed by atoms with Crippen molar-refractivity contribution in [3.8, 4) is 11.1 Å². The standard InChI is InChI=1S/C19H24N2O/c20-12-15-6-8-17(9-7-15)18-4-1-3-16(11-18)13-21-10-2-5-19(22)14-21/h1,3-4,6-9,11,19,22H,2,5,10,12-14,20H2. The first-order chi connectivity index (χ1) is 10.7. The van der Waals surface area contributed by atoms with Gasteiger partial charge in [-0.15, -0.1) is 0 Å². The molecular formula is C19H24N2O. The van der Waals surface area contributed by atoms with Crippen molar-refractivity contribution in [3.05, 3.63) is 59.7 Å². The first kappa shape index (κ1) is 15.2. The van der Waals surface area contributed by atoms with Crippen LogP contribution in [0.3, 0.4) is 0 Å². The van der Waals surface area contributed by atoms with Crippen LogP contribution in [0, 0.1) is 0 Å². The van der Waals surface area contributed by atoms with Gasteiger partial charge in [0.2, 0.25) is 0 Å². The Morgan fingerprint density at radius 3 is 2.59 bits per heavy atom. The van der Waals surface area contributed by atoms with Crippen molar-refractivity contribution in [1.29, 1.82) is 0 Å². The Hall–Kier alpha value is -1.68. The van der Waals surface area contributed by atoms with Gasteiger partial charge in [0.25, 0.3) is 0 Å². The van der Waals surface area contributed by atoms with E-state index in [9.17, 15) is 5.11 Å². The summed E-state index contributed by atoms with van der Waals surface area (Å²) in [6.07, 6.45) is 1.85. The third-order valence-electron chi connectivity index (χ3n) is 4.34. The minimum atomic E-state index is -0.166. The fraction of sp³-hybridized carbons (Fsp3) is 0.368. The van der Waals surface area contributed by atoms with Gasteiger partial charge in [0, 0.05) is 19.6 Å². The summed E-state index contributed by atoms with van der Waals surface area (Å²) in [4.78, 5) is 2.34. The molecule has 1 aliphatic heterocycles. The van der Waals surface area contributed by atoms with Crippen LogP contribution in [0.25, 0.3) is 11.1 Å². The molecule has 0 amide bonds.